The van der Waals surface area contributed by atoms with Gasteiger partial charge in [0.1, 0.15) is 11.6 Å². The van der Waals surface area contributed by atoms with E-state index >= 15 is 0 Å². The van der Waals surface area contributed by atoms with Gasteiger partial charge in [0.2, 0.25) is 0 Å². The number of anilines is 2. The SMILES string of the molecule is COc1cc(-c2ccc(Cl)cc2)nc2ccc(NC(=O)Nc3ccc(F)cc3)cc12. The molecule has 0 saturated heterocycles. The van der Waals surface area contributed by atoms with E-state index in [1.165, 1.54) is 24.3 Å². The molecule has 30 heavy (non-hydrogen) atoms. The van der Waals surface area contributed by atoms with E-state index in [1.807, 2.05) is 36.4 Å². The molecule has 7 heteroatoms. The summed E-state index contributed by atoms with van der Waals surface area (Å²) in [6.45, 7) is 0. The van der Waals surface area contributed by atoms with Crippen molar-refractivity contribution in [1.29, 1.82) is 0 Å². The number of nitrogens with one attached hydrogen (secondary N) is 2. The molecule has 0 spiro atoms. The summed E-state index contributed by atoms with van der Waals surface area (Å²) in [4.78, 5) is 16.9. The standard InChI is InChI=1S/C23H17ClFN3O2/c1-30-22-13-21(14-2-4-15(24)5-3-14)28-20-11-10-18(12-19(20)22)27-23(29)26-17-8-6-16(25)7-9-17/h2-13H,1H3,(H2,26,27,29). The maximum absolute atomic E-state index is 13.0. The number of carbonyl (C=O) groups is 1. The second-order valence-electron chi connectivity index (χ2n) is 6.53. The Balaban J connectivity index is 1.60. The van der Waals surface area contributed by atoms with Crippen molar-refractivity contribution >= 4 is 39.9 Å². The molecule has 2 amide bonds. The summed E-state index contributed by atoms with van der Waals surface area (Å²) in [6.07, 6.45) is 0. The van der Waals surface area contributed by atoms with Crippen LogP contribution in [0, 0.1) is 5.82 Å². The van der Waals surface area contributed by atoms with Crippen molar-refractivity contribution in [3.63, 3.8) is 0 Å². The van der Waals surface area contributed by atoms with E-state index in [1.54, 1.807) is 19.2 Å². The van der Waals surface area contributed by atoms with Gasteiger partial charge in [-0.15, -0.1) is 0 Å². The van der Waals surface area contributed by atoms with Crippen LogP contribution in [0.4, 0.5) is 20.6 Å². The summed E-state index contributed by atoms with van der Waals surface area (Å²) in [5, 5.41) is 6.83. The molecule has 0 aliphatic heterocycles. The number of amides is 2. The second-order valence-corrected chi connectivity index (χ2v) is 6.97. The zero-order valence-electron chi connectivity index (χ0n) is 15.9. The number of ether oxygens (including phenoxy) is 1. The Morgan fingerprint density at radius 1 is 0.933 bits per heavy atom. The summed E-state index contributed by atoms with van der Waals surface area (Å²) in [6, 6.07) is 19.7. The predicted octanol–water partition coefficient (Wildman–Crippen LogP) is 6.35. The quantitative estimate of drug-likeness (QED) is 0.403. The average molecular weight is 422 g/mol. The number of benzene rings is 3. The average Bonchev–Trinajstić information content (AvgIpc) is 2.75. The summed E-state index contributed by atoms with van der Waals surface area (Å²) in [5.74, 6) is 0.264. The molecule has 0 atom stereocenters. The number of fused-ring (bicyclic) bond motifs is 1. The van der Waals surface area contributed by atoms with Crippen molar-refractivity contribution in [3.8, 4) is 17.0 Å². The molecule has 1 heterocycles. The van der Waals surface area contributed by atoms with Crippen molar-refractivity contribution in [2.45, 2.75) is 0 Å². The highest BCUT2D eigenvalue weighted by Gasteiger charge is 2.11. The maximum Gasteiger partial charge on any atom is 0.323 e. The minimum Gasteiger partial charge on any atom is -0.496 e. The van der Waals surface area contributed by atoms with Gasteiger partial charge in [0.05, 0.1) is 18.3 Å². The Morgan fingerprint density at radius 3 is 2.30 bits per heavy atom. The van der Waals surface area contributed by atoms with Gasteiger partial charge in [0, 0.05) is 33.4 Å². The Labute approximate surface area is 177 Å². The van der Waals surface area contributed by atoms with E-state index < -0.39 is 6.03 Å². The van der Waals surface area contributed by atoms with Gasteiger partial charge < -0.3 is 15.4 Å². The molecule has 0 unspecified atom stereocenters. The minimum absolute atomic E-state index is 0.368. The molecular weight excluding hydrogens is 405 g/mol. The van der Waals surface area contributed by atoms with Crippen LogP contribution in [0.25, 0.3) is 22.2 Å². The number of urea groups is 1. The first-order chi connectivity index (χ1) is 14.5. The van der Waals surface area contributed by atoms with E-state index in [0.717, 1.165) is 22.2 Å². The van der Waals surface area contributed by atoms with Gasteiger partial charge in [-0.1, -0.05) is 23.7 Å². The summed E-state index contributed by atoms with van der Waals surface area (Å²) in [5.41, 5.74) is 3.46. The van der Waals surface area contributed by atoms with Crippen molar-refractivity contribution in [2.75, 3.05) is 17.7 Å². The van der Waals surface area contributed by atoms with E-state index in [4.69, 9.17) is 21.3 Å². The van der Waals surface area contributed by atoms with Crippen molar-refractivity contribution in [2.24, 2.45) is 0 Å². The lowest BCUT2D eigenvalue weighted by atomic mass is 10.1. The summed E-state index contributed by atoms with van der Waals surface area (Å²) in [7, 11) is 1.59. The van der Waals surface area contributed by atoms with E-state index in [9.17, 15) is 9.18 Å². The first-order valence-corrected chi connectivity index (χ1v) is 9.48. The molecule has 0 aliphatic carbocycles. The monoisotopic (exact) mass is 421 g/mol. The minimum atomic E-state index is -0.439. The highest BCUT2D eigenvalue weighted by molar-refractivity contribution is 6.30. The third kappa shape index (κ3) is 4.34. The smallest absolute Gasteiger partial charge is 0.323 e. The summed E-state index contributed by atoms with van der Waals surface area (Å²) >= 11 is 5.97. The second kappa shape index (κ2) is 8.39. The first-order valence-electron chi connectivity index (χ1n) is 9.10. The number of nitrogens with zero attached hydrogens (tertiary/aromatic N) is 1. The molecule has 0 radical (unpaired) electrons. The number of rotatable bonds is 4. The van der Waals surface area contributed by atoms with Crippen LogP contribution < -0.4 is 15.4 Å². The van der Waals surface area contributed by atoms with Gasteiger partial charge in [-0.25, -0.2) is 14.2 Å². The van der Waals surface area contributed by atoms with Gasteiger partial charge in [-0.05, 0) is 54.6 Å². The van der Waals surface area contributed by atoms with E-state index in [-0.39, 0.29) is 5.82 Å². The van der Waals surface area contributed by atoms with Crippen LogP contribution in [0.1, 0.15) is 0 Å². The Morgan fingerprint density at radius 2 is 1.60 bits per heavy atom. The zero-order chi connectivity index (χ0) is 21.1. The van der Waals surface area contributed by atoms with Crippen LogP contribution in [0.3, 0.4) is 0 Å². The van der Waals surface area contributed by atoms with Gasteiger partial charge in [0.15, 0.2) is 0 Å². The molecule has 150 valence electrons. The summed E-state index contributed by atoms with van der Waals surface area (Å²) < 4.78 is 18.5. The molecule has 1 aromatic heterocycles. The lowest BCUT2D eigenvalue weighted by molar-refractivity contribution is 0.262. The van der Waals surface area contributed by atoms with Gasteiger partial charge in [-0.3, -0.25) is 0 Å². The Kier molecular flexibility index (Phi) is 5.50. The molecule has 4 rings (SSSR count). The molecule has 0 bridgehead atoms. The Hall–Kier alpha value is -3.64. The van der Waals surface area contributed by atoms with E-state index in [2.05, 4.69) is 10.6 Å². The highest BCUT2D eigenvalue weighted by atomic mass is 35.5. The predicted molar refractivity (Wildman–Crippen MR) is 118 cm³/mol. The number of aromatic nitrogens is 1. The molecule has 4 aromatic rings. The van der Waals surface area contributed by atoms with Crippen LogP contribution in [0.15, 0.2) is 72.8 Å². The van der Waals surface area contributed by atoms with Crippen molar-refractivity contribution in [3.05, 3.63) is 83.6 Å². The van der Waals surface area contributed by atoms with Gasteiger partial charge in [0.25, 0.3) is 0 Å². The van der Waals surface area contributed by atoms with Crippen LogP contribution >= 0.6 is 11.6 Å². The van der Waals surface area contributed by atoms with Crippen LogP contribution in [-0.2, 0) is 0 Å². The fourth-order valence-corrected chi connectivity index (χ4v) is 3.16. The fraction of sp³-hybridized carbons (Fsp3) is 0.0435. The highest BCUT2D eigenvalue weighted by Crippen LogP contribution is 2.32. The molecule has 0 saturated carbocycles. The van der Waals surface area contributed by atoms with Crippen LogP contribution in [0.5, 0.6) is 5.75 Å². The number of hydrogen-bond acceptors (Lipinski definition) is 3. The maximum atomic E-state index is 13.0. The molecule has 0 fully saturated rings. The third-order valence-corrected chi connectivity index (χ3v) is 4.74. The number of methoxy groups -OCH3 is 1. The number of carbonyl (C=O) groups excluding carboxylic acids is 1. The van der Waals surface area contributed by atoms with Gasteiger partial charge >= 0.3 is 6.03 Å². The van der Waals surface area contributed by atoms with Gasteiger partial charge in [-0.2, -0.15) is 0 Å². The topological polar surface area (TPSA) is 63.2 Å². The van der Waals surface area contributed by atoms with Crippen molar-refractivity contribution < 1.29 is 13.9 Å². The van der Waals surface area contributed by atoms with E-state index in [0.29, 0.717) is 22.1 Å². The lowest BCUT2D eigenvalue weighted by Crippen LogP contribution is -2.19. The van der Waals surface area contributed by atoms with Crippen LogP contribution in [0.2, 0.25) is 5.02 Å². The van der Waals surface area contributed by atoms with Crippen LogP contribution in [-0.4, -0.2) is 18.1 Å². The Bertz CT molecular complexity index is 1210. The lowest BCUT2D eigenvalue weighted by Gasteiger charge is -2.12. The fourth-order valence-electron chi connectivity index (χ4n) is 3.04. The third-order valence-electron chi connectivity index (χ3n) is 4.49. The normalized spacial score (nSPS) is 10.6. The number of halogens is 2. The molecule has 0 aliphatic rings. The largest absolute Gasteiger partial charge is 0.496 e. The first kappa shape index (κ1) is 19.7. The molecule has 2 N–H and O–H groups in total. The molecular formula is C23H17ClFN3O2. The number of pyridine rings is 1. The van der Waals surface area contributed by atoms with Crippen molar-refractivity contribution in [1.82, 2.24) is 4.98 Å². The molecule has 5 nitrogen and oxygen atoms in total. The number of hydrogen-bond donors (Lipinski definition) is 2. The zero-order valence-corrected chi connectivity index (χ0v) is 16.7. The molecule has 3 aromatic carbocycles.